The van der Waals surface area contributed by atoms with Crippen LogP contribution in [0.2, 0.25) is 0 Å². The summed E-state index contributed by atoms with van der Waals surface area (Å²) in [4.78, 5) is 4.33. The Kier molecular flexibility index (Phi) is 3.10. The molecule has 2 rings (SSSR count). The van der Waals surface area contributed by atoms with Crippen LogP contribution >= 0.6 is 0 Å². The number of hydrogen-bond acceptors (Lipinski definition) is 1. The van der Waals surface area contributed by atoms with Crippen LogP contribution in [-0.2, 0) is 0 Å². The van der Waals surface area contributed by atoms with Gasteiger partial charge in [0.2, 0.25) is 0 Å². The van der Waals surface area contributed by atoms with Gasteiger partial charge >= 0.3 is 0 Å². The number of aromatic nitrogens is 1. The zero-order chi connectivity index (χ0) is 11.4. The minimum atomic E-state index is -0.223. The van der Waals surface area contributed by atoms with Crippen LogP contribution in [0.4, 0.5) is 4.39 Å². The molecule has 16 heavy (non-hydrogen) atoms. The summed E-state index contributed by atoms with van der Waals surface area (Å²) in [5.74, 6) is -0.223. The molecule has 0 saturated heterocycles. The molecule has 2 heteroatoms. The van der Waals surface area contributed by atoms with Gasteiger partial charge in [-0.3, -0.25) is 4.98 Å². The Labute approximate surface area is 94.3 Å². The van der Waals surface area contributed by atoms with Crippen molar-refractivity contribution in [2.24, 2.45) is 0 Å². The number of aryl methyl sites for hydroxylation is 1. The van der Waals surface area contributed by atoms with E-state index in [1.165, 1.54) is 12.1 Å². The van der Waals surface area contributed by atoms with Crippen LogP contribution in [0.25, 0.3) is 12.2 Å². The third kappa shape index (κ3) is 2.76. The predicted molar refractivity (Wildman–Crippen MR) is 64.3 cm³/mol. The molecular weight excluding hydrogens is 201 g/mol. The zero-order valence-electron chi connectivity index (χ0n) is 9.02. The molecule has 80 valence electrons. The molecule has 0 aliphatic heterocycles. The van der Waals surface area contributed by atoms with Crippen LogP contribution in [0, 0.1) is 12.7 Å². The number of benzene rings is 1. The number of halogens is 1. The second-order valence-corrected chi connectivity index (χ2v) is 3.59. The van der Waals surface area contributed by atoms with Gasteiger partial charge < -0.3 is 0 Å². The Morgan fingerprint density at radius 3 is 2.62 bits per heavy atom. The summed E-state index contributed by atoms with van der Waals surface area (Å²) in [6.07, 6.45) is 3.73. The minimum absolute atomic E-state index is 0.223. The van der Waals surface area contributed by atoms with E-state index in [1.807, 2.05) is 43.3 Å². The lowest BCUT2D eigenvalue weighted by Crippen LogP contribution is -1.83. The van der Waals surface area contributed by atoms with E-state index < -0.39 is 0 Å². The lowest BCUT2D eigenvalue weighted by Gasteiger charge is -1.96. The molecule has 1 aromatic carbocycles. The zero-order valence-corrected chi connectivity index (χ0v) is 9.02. The highest BCUT2D eigenvalue weighted by Crippen LogP contribution is 2.08. The van der Waals surface area contributed by atoms with Crippen molar-refractivity contribution in [3.63, 3.8) is 0 Å². The average molecular weight is 213 g/mol. The third-order valence-corrected chi connectivity index (χ3v) is 2.21. The van der Waals surface area contributed by atoms with Gasteiger partial charge in [0, 0.05) is 5.69 Å². The first kappa shape index (κ1) is 10.6. The molecule has 1 heterocycles. The van der Waals surface area contributed by atoms with Gasteiger partial charge in [0.15, 0.2) is 0 Å². The van der Waals surface area contributed by atoms with Crippen molar-refractivity contribution >= 4 is 12.2 Å². The van der Waals surface area contributed by atoms with Crippen LogP contribution in [0.5, 0.6) is 0 Å². The lowest BCUT2D eigenvalue weighted by atomic mass is 10.2. The maximum Gasteiger partial charge on any atom is 0.123 e. The van der Waals surface area contributed by atoms with Gasteiger partial charge in [0.05, 0.1) is 5.69 Å². The highest BCUT2D eigenvalue weighted by atomic mass is 19.1. The molecule has 0 aliphatic carbocycles. The standard InChI is InChI=1S/C14H12FN/c1-11-4-2-7-14(16-11)9-8-12-5-3-6-13(15)10-12/h2-10H,1H3. The second-order valence-electron chi connectivity index (χ2n) is 3.59. The number of hydrogen-bond donors (Lipinski definition) is 0. The first-order chi connectivity index (χ1) is 7.74. The summed E-state index contributed by atoms with van der Waals surface area (Å²) in [6.45, 7) is 1.94. The summed E-state index contributed by atoms with van der Waals surface area (Å²) in [6, 6.07) is 12.3. The van der Waals surface area contributed by atoms with Crippen molar-refractivity contribution in [2.75, 3.05) is 0 Å². The smallest absolute Gasteiger partial charge is 0.123 e. The normalized spacial score (nSPS) is 10.9. The summed E-state index contributed by atoms with van der Waals surface area (Å²) < 4.78 is 12.9. The van der Waals surface area contributed by atoms with E-state index in [4.69, 9.17) is 0 Å². The van der Waals surface area contributed by atoms with Crippen LogP contribution in [-0.4, -0.2) is 4.98 Å². The van der Waals surface area contributed by atoms with Crippen molar-refractivity contribution in [1.29, 1.82) is 0 Å². The van der Waals surface area contributed by atoms with Gasteiger partial charge in [0.1, 0.15) is 5.82 Å². The quantitative estimate of drug-likeness (QED) is 0.741. The van der Waals surface area contributed by atoms with E-state index in [-0.39, 0.29) is 5.82 Å². The molecule has 0 amide bonds. The van der Waals surface area contributed by atoms with Crippen molar-refractivity contribution in [3.8, 4) is 0 Å². The van der Waals surface area contributed by atoms with Crippen LogP contribution < -0.4 is 0 Å². The number of nitrogens with zero attached hydrogens (tertiary/aromatic N) is 1. The Morgan fingerprint density at radius 1 is 1.06 bits per heavy atom. The van der Waals surface area contributed by atoms with Gasteiger partial charge in [-0.1, -0.05) is 24.3 Å². The van der Waals surface area contributed by atoms with Crippen molar-refractivity contribution < 1.29 is 4.39 Å². The first-order valence-corrected chi connectivity index (χ1v) is 5.11. The summed E-state index contributed by atoms with van der Waals surface area (Å²) >= 11 is 0. The summed E-state index contributed by atoms with van der Waals surface area (Å²) in [7, 11) is 0. The van der Waals surface area contributed by atoms with Gasteiger partial charge in [0.25, 0.3) is 0 Å². The Bertz CT molecular complexity index is 470. The van der Waals surface area contributed by atoms with E-state index in [0.717, 1.165) is 17.0 Å². The van der Waals surface area contributed by atoms with Crippen LogP contribution in [0.3, 0.4) is 0 Å². The topological polar surface area (TPSA) is 12.9 Å². The molecule has 0 aliphatic rings. The molecular formula is C14H12FN. The maximum absolute atomic E-state index is 12.9. The maximum atomic E-state index is 12.9. The van der Waals surface area contributed by atoms with Crippen LogP contribution in [0.15, 0.2) is 42.5 Å². The summed E-state index contributed by atoms with van der Waals surface area (Å²) in [5.41, 5.74) is 2.69. The largest absolute Gasteiger partial charge is 0.254 e. The fraction of sp³-hybridized carbons (Fsp3) is 0.0714. The van der Waals surface area contributed by atoms with E-state index in [2.05, 4.69) is 4.98 Å². The Morgan fingerprint density at radius 2 is 1.88 bits per heavy atom. The average Bonchev–Trinajstić information content (AvgIpc) is 2.27. The van der Waals surface area contributed by atoms with Crippen molar-refractivity contribution in [1.82, 2.24) is 4.98 Å². The van der Waals surface area contributed by atoms with Crippen molar-refractivity contribution in [2.45, 2.75) is 6.92 Å². The molecule has 2 aromatic rings. The molecule has 0 fully saturated rings. The van der Waals surface area contributed by atoms with Gasteiger partial charge in [-0.15, -0.1) is 0 Å². The minimum Gasteiger partial charge on any atom is -0.254 e. The second kappa shape index (κ2) is 4.71. The highest BCUT2D eigenvalue weighted by molar-refractivity contribution is 5.67. The highest BCUT2D eigenvalue weighted by Gasteiger charge is 1.92. The van der Waals surface area contributed by atoms with Crippen molar-refractivity contribution in [3.05, 3.63) is 65.2 Å². The molecule has 0 saturated carbocycles. The molecule has 0 unspecified atom stereocenters. The molecule has 0 atom stereocenters. The third-order valence-electron chi connectivity index (χ3n) is 2.21. The fourth-order valence-electron chi connectivity index (χ4n) is 1.45. The van der Waals surface area contributed by atoms with Gasteiger partial charge in [-0.2, -0.15) is 0 Å². The Balaban J connectivity index is 2.21. The van der Waals surface area contributed by atoms with Gasteiger partial charge in [-0.05, 0) is 42.8 Å². The van der Waals surface area contributed by atoms with Crippen LogP contribution in [0.1, 0.15) is 17.0 Å². The molecule has 0 radical (unpaired) electrons. The summed E-state index contributed by atoms with van der Waals surface area (Å²) in [5, 5.41) is 0. The molecule has 0 N–H and O–H groups in total. The molecule has 1 nitrogen and oxygen atoms in total. The van der Waals surface area contributed by atoms with E-state index >= 15 is 0 Å². The number of pyridine rings is 1. The monoisotopic (exact) mass is 213 g/mol. The van der Waals surface area contributed by atoms with E-state index in [9.17, 15) is 4.39 Å². The predicted octanol–water partition coefficient (Wildman–Crippen LogP) is 3.70. The SMILES string of the molecule is Cc1cccc(C=Cc2cccc(F)c2)n1. The number of rotatable bonds is 2. The molecule has 0 bridgehead atoms. The van der Waals surface area contributed by atoms with Gasteiger partial charge in [-0.25, -0.2) is 4.39 Å². The first-order valence-electron chi connectivity index (χ1n) is 5.11. The Hall–Kier alpha value is -1.96. The fourth-order valence-corrected chi connectivity index (χ4v) is 1.45. The van der Waals surface area contributed by atoms with E-state index in [0.29, 0.717) is 0 Å². The molecule has 1 aromatic heterocycles. The molecule has 0 spiro atoms. The lowest BCUT2D eigenvalue weighted by molar-refractivity contribution is 0.627. The van der Waals surface area contributed by atoms with E-state index in [1.54, 1.807) is 6.07 Å².